The van der Waals surface area contributed by atoms with E-state index < -0.39 is 49.6 Å². The van der Waals surface area contributed by atoms with Crippen molar-refractivity contribution in [1.29, 1.82) is 0 Å². The second-order valence-corrected chi connectivity index (χ2v) is 11.1. The van der Waals surface area contributed by atoms with Crippen LogP contribution in [0, 0.1) is 10.1 Å². The van der Waals surface area contributed by atoms with Gasteiger partial charge in [-0.15, -0.1) is 0 Å². The normalized spacial score (nSPS) is 11.6. The molecule has 210 valence electrons. The number of hydrogen-bond donors (Lipinski definition) is 1. The smallest absolute Gasteiger partial charge is 0.344 e. The molecule has 3 aromatic carbocycles. The highest BCUT2D eigenvalue weighted by Gasteiger charge is 2.33. The van der Waals surface area contributed by atoms with Gasteiger partial charge in [0.05, 0.1) is 16.8 Å². The monoisotopic (exact) mass is 568 g/mol. The molecule has 0 bridgehead atoms. The lowest BCUT2D eigenvalue weighted by Crippen LogP contribution is -2.39. The van der Waals surface area contributed by atoms with E-state index >= 15 is 0 Å². The largest absolute Gasteiger partial charge is 0.482 e. The SMILES string of the molecule is CC(C)(C)OC(=O)COc1ccc(C=NNC(=O)CN(c2ccccc2)S(=O)(=O)c2ccccc2[N+](=O)[O-])cc1. The van der Waals surface area contributed by atoms with Gasteiger partial charge in [-0.2, -0.15) is 5.10 Å². The Bertz CT molecular complexity index is 1480. The van der Waals surface area contributed by atoms with Gasteiger partial charge in [-0.1, -0.05) is 30.3 Å². The highest BCUT2D eigenvalue weighted by molar-refractivity contribution is 7.93. The van der Waals surface area contributed by atoms with E-state index in [0.29, 0.717) is 11.3 Å². The van der Waals surface area contributed by atoms with Gasteiger partial charge in [0.2, 0.25) is 0 Å². The summed E-state index contributed by atoms with van der Waals surface area (Å²) in [6.45, 7) is 4.32. The summed E-state index contributed by atoms with van der Waals surface area (Å²) in [5.74, 6) is -0.861. The van der Waals surface area contributed by atoms with E-state index in [-0.39, 0.29) is 12.3 Å². The summed E-state index contributed by atoms with van der Waals surface area (Å²) < 4.78 is 38.2. The molecule has 3 rings (SSSR count). The van der Waals surface area contributed by atoms with Crippen LogP contribution in [0.5, 0.6) is 5.75 Å². The molecule has 0 aliphatic rings. The fraction of sp³-hybridized carbons (Fsp3) is 0.222. The number of hydrogen-bond acceptors (Lipinski definition) is 9. The van der Waals surface area contributed by atoms with E-state index in [0.717, 1.165) is 16.4 Å². The molecule has 1 N–H and O–H groups in total. The van der Waals surface area contributed by atoms with E-state index in [4.69, 9.17) is 9.47 Å². The minimum atomic E-state index is -4.50. The minimum Gasteiger partial charge on any atom is -0.482 e. The molecule has 0 fully saturated rings. The third-order valence-corrected chi connectivity index (χ3v) is 6.84. The molecule has 1 amide bonds. The Hall–Kier alpha value is -4.78. The first-order valence-corrected chi connectivity index (χ1v) is 13.4. The number of sulfonamides is 1. The van der Waals surface area contributed by atoms with Crippen molar-refractivity contribution in [3.63, 3.8) is 0 Å². The lowest BCUT2D eigenvalue weighted by atomic mass is 10.2. The zero-order valence-corrected chi connectivity index (χ0v) is 22.8. The number of ether oxygens (including phenoxy) is 2. The van der Waals surface area contributed by atoms with Gasteiger partial charge < -0.3 is 9.47 Å². The van der Waals surface area contributed by atoms with Crippen molar-refractivity contribution >= 4 is 39.5 Å². The molecule has 0 aliphatic carbocycles. The molecule has 0 radical (unpaired) electrons. The molecule has 0 atom stereocenters. The number of nitrogens with one attached hydrogen (secondary N) is 1. The molecular formula is C27H28N4O8S. The number of para-hydroxylation sites is 2. The number of esters is 1. The molecule has 13 heteroatoms. The quantitative estimate of drug-likeness (QED) is 0.159. The van der Waals surface area contributed by atoms with E-state index in [1.54, 1.807) is 63.2 Å². The zero-order chi connectivity index (χ0) is 29.3. The first-order chi connectivity index (χ1) is 18.9. The number of nitro benzene ring substituents is 1. The Morgan fingerprint density at radius 1 is 1.00 bits per heavy atom. The van der Waals surface area contributed by atoms with Crippen molar-refractivity contribution in [2.45, 2.75) is 31.3 Å². The van der Waals surface area contributed by atoms with Gasteiger partial charge in [-0.05, 0) is 68.8 Å². The molecule has 0 aliphatic heterocycles. The third kappa shape index (κ3) is 8.36. The van der Waals surface area contributed by atoms with E-state index in [9.17, 15) is 28.1 Å². The maximum atomic E-state index is 13.4. The maximum Gasteiger partial charge on any atom is 0.344 e. The highest BCUT2D eigenvalue weighted by Crippen LogP contribution is 2.29. The molecular weight excluding hydrogens is 540 g/mol. The van der Waals surface area contributed by atoms with Crippen LogP contribution >= 0.6 is 0 Å². The fourth-order valence-electron chi connectivity index (χ4n) is 3.36. The molecule has 0 spiro atoms. The molecule has 12 nitrogen and oxygen atoms in total. The third-order valence-electron chi connectivity index (χ3n) is 5.02. The minimum absolute atomic E-state index is 0.141. The average Bonchev–Trinajstić information content (AvgIpc) is 2.90. The summed E-state index contributed by atoms with van der Waals surface area (Å²) in [6.07, 6.45) is 1.33. The van der Waals surface area contributed by atoms with Crippen LogP contribution in [0.3, 0.4) is 0 Å². The highest BCUT2D eigenvalue weighted by atomic mass is 32.2. The number of rotatable bonds is 11. The predicted molar refractivity (Wildman–Crippen MR) is 148 cm³/mol. The number of amides is 1. The Labute approximate surface area is 231 Å². The summed E-state index contributed by atoms with van der Waals surface area (Å²) in [4.78, 5) is 34.6. The van der Waals surface area contributed by atoms with Crippen LogP contribution in [-0.4, -0.2) is 50.2 Å². The van der Waals surface area contributed by atoms with Crippen LogP contribution in [0.4, 0.5) is 11.4 Å². The van der Waals surface area contributed by atoms with E-state index in [1.807, 2.05) is 0 Å². The molecule has 0 unspecified atom stereocenters. The first-order valence-electron chi connectivity index (χ1n) is 11.9. The van der Waals surface area contributed by atoms with Crippen molar-refractivity contribution in [3.05, 3.63) is 94.5 Å². The Kier molecular flexibility index (Phi) is 9.56. The molecule has 0 saturated carbocycles. The van der Waals surface area contributed by atoms with Gasteiger partial charge in [0, 0.05) is 6.07 Å². The molecule has 0 saturated heterocycles. The summed E-state index contributed by atoms with van der Waals surface area (Å²) in [6, 6.07) is 19.1. The van der Waals surface area contributed by atoms with Crippen LogP contribution in [0.2, 0.25) is 0 Å². The fourth-order valence-corrected chi connectivity index (χ4v) is 4.94. The van der Waals surface area contributed by atoms with Gasteiger partial charge in [-0.25, -0.2) is 18.6 Å². The summed E-state index contributed by atoms with van der Waals surface area (Å²) >= 11 is 0. The maximum absolute atomic E-state index is 13.4. The first kappa shape index (κ1) is 29.8. The second kappa shape index (κ2) is 12.8. The average molecular weight is 569 g/mol. The topological polar surface area (TPSA) is 158 Å². The molecule has 40 heavy (non-hydrogen) atoms. The van der Waals surface area contributed by atoms with Gasteiger partial charge in [0.15, 0.2) is 11.5 Å². The van der Waals surface area contributed by atoms with Gasteiger partial charge in [0.1, 0.15) is 17.9 Å². The second-order valence-electron chi connectivity index (χ2n) is 9.31. The van der Waals surface area contributed by atoms with Crippen LogP contribution in [-0.2, 0) is 24.3 Å². The molecule has 0 aromatic heterocycles. The predicted octanol–water partition coefficient (Wildman–Crippen LogP) is 3.66. The zero-order valence-electron chi connectivity index (χ0n) is 22.0. The Balaban J connectivity index is 1.68. The van der Waals surface area contributed by atoms with Crippen molar-refractivity contribution in [1.82, 2.24) is 5.43 Å². The van der Waals surface area contributed by atoms with Crippen molar-refractivity contribution in [2.24, 2.45) is 5.10 Å². The number of benzene rings is 3. The molecule has 0 heterocycles. The number of carbonyl (C=O) groups excluding carboxylic acids is 2. The van der Waals surface area contributed by atoms with Gasteiger partial charge in [0.25, 0.3) is 21.6 Å². The summed E-state index contributed by atoms with van der Waals surface area (Å²) in [5, 5.41) is 15.3. The number of anilines is 1. The summed E-state index contributed by atoms with van der Waals surface area (Å²) in [5.41, 5.74) is 1.76. The van der Waals surface area contributed by atoms with Crippen LogP contribution in [0.15, 0.2) is 88.9 Å². The summed E-state index contributed by atoms with van der Waals surface area (Å²) in [7, 11) is -4.50. The van der Waals surface area contributed by atoms with E-state index in [1.165, 1.54) is 30.5 Å². The standard InChI is InChI=1S/C27H28N4O8S/c1-27(2,3)39-26(33)19-38-22-15-13-20(14-16-22)17-28-29-25(32)18-30(21-9-5-4-6-10-21)40(36,37)24-12-8-7-11-23(24)31(34)35/h4-17H,18-19H2,1-3H3,(H,29,32). The van der Waals surface area contributed by atoms with Crippen LogP contribution in [0.25, 0.3) is 0 Å². The Morgan fingerprint density at radius 2 is 1.62 bits per heavy atom. The van der Waals surface area contributed by atoms with Crippen molar-refractivity contribution < 1.29 is 32.4 Å². The van der Waals surface area contributed by atoms with Gasteiger partial charge in [-0.3, -0.25) is 19.2 Å². The number of carbonyl (C=O) groups is 2. The number of hydrazone groups is 1. The lowest BCUT2D eigenvalue weighted by molar-refractivity contribution is -0.387. The van der Waals surface area contributed by atoms with Crippen molar-refractivity contribution in [2.75, 3.05) is 17.5 Å². The van der Waals surface area contributed by atoms with Gasteiger partial charge >= 0.3 is 5.97 Å². The lowest BCUT2D eigenvalue weighted by Gasteiger charge is -2.23. The number of nitrogens with zero attached hydrogens (tertiary/aromatic N) is 3. The van der Waals surface area contributed by atoms with E-state index in [2.05, 4.69) is 10.5 Å². The van der Waals surface area contributed by atoms with Crippen LogP contribution < -0.4 is 14.5 Å². The molecule has 3 aromatic rings. The van der Waals surface area contributed by atoms with Crippen LogP contribution in [0.1, 0.15) is 26.3 Å². The number of nitro groups is 1. The Morgan fingerprint density at radius 3 is 2.25 bits per heavy atom. The van der Waals surface area contributed by atoms with Crippen molar-refractivity contribution in [3.8, 4) is 5.75 Å².